The van der Waals surface area contributed by atoms with Crippen molar-refractivity contribution in [1.82, 2.24) is 4.31 Å². The van der Waals surface area contributed by atoms with E-state index in [4.69, 9.17) is 21.1 Å². The van der Waals surface area contributed by atoms with Gasteiger partial charge in [-0.25, -0.2) is 13.2 Å². The summed E-state index contributed by atoms with van der Waals surface area (Å²) in [6.07, 6.45) is 0. The standard InChI is InChI=1S/C20H23ClN2O6S/c1-4-23(30(26,27)14-10-11-18(29-5-2)16(21)12-14)13-19(24)22-17-9-7-6-8-15(17)20(25)28-3/h6-12H,4-5,13H2,1-3H3,(H,22,24). The number of benzene rings is 2. The first kappa shape index (κ1) is 23.7. The van der Waals surface area contributed by atoms with E-state index in [1.165, 1.54) is 37.4 Å². The van der Waals surface area contributed by atoms with Crippen molar-refractivity contribution in [3.8, 4) is 5.75 Å². The van der Waals surface area contributed by atoms with E-state index in [9.17, 15) is 18.0 Å². The third-order valence-electron chi connectivity index (χ3n) is 4.12. The van der Waals surface area contributed by atoms with Crippen LogP contribution in [0.3, 0.4) is 0 Å². The van der Waals surface area contributed by atoms with Crippen LogP contribution < -0.4 is 10.1 Å². The second-order valence-corrected chi connectivity index (χ2v) is 8.39. The predicted octanol–water partition coefficient (Wildman–Crippen LogP) is 3.17. The molecule has 1 amide bonds. The molecule has 0 aliphatic carbocycles. The summed E-state index contributed by atoms with van der Waals surface area (Å²) in [5.74, 6) is -0.845. The fourth-order valence-corrected chi connectivity index (χ4v) is 4.39. The maximum Gasteiger partial charge on any atom is 0.339 e. The molecule has 8 nitrogen and oxygen atoms in total. The Morgan fingerprint density at radius 2 is 1.83 bits per heavy atom. The number of para-hydroxylation sites is 1. The van der Waals surface area contributed by atoms with Gasteiger partial charge in [0.15, 0.2) is 0 Å². The van der Waals surface area contributed by atoms with E-state index in [1.807, 2.05) is 0 Å². The number of hydrogen-bond acceptors (Lipinski definition) is 6. The molecule has 0 bridgehead atoms. The number of anilines is 1. The second kappa shape index (κ2) is 10.4. The molecule has 2 rings (SSSR count). The van der Waals surface area contributed by atoms with E-state index in [0.29, 0.717) is 12.4 Å². The van der Waals surface area contributed by atoms with Crippen LogP contribution in [0.4, 0.5) is 5.69 Å². The van der Waals surface area contributed by atoms with Crippen LogP contribution >= 0.6 is 11.6 Å². The molecule has 0 fully saturated rings. The Kier molecular flexibility index (Phi) is 8.22. The molecule has 2 aromatic rings. The van der Waals surface area contributed by atoms with Gasteiger partial charge in [0.25, 0.3) is 0 Å². The van der Waals surface area contributed by atoms with Crippen LogP contribution in [0.1, 0.15) is 24.2 Å². The minimum Gasteiger partial charge on any atom is -0.492 e. The first-order valence-electron chi connectivity index (χ1n) is 9.14. The molecule has 0 saturated heterocycles. The number of hydrogen-bond donors (Lipinski definition) is 1. The fourth-order valence-electron chi connectivity index (χ4n) is 2.66. The highest BCUT2D eigenvalue weighted by Gasteiger charge is 2.26. The molecule has 0 aliphatic rings. The first-order chi connectivity index (χ1) is 14.2. The highest BCUT2D eigenvalue weighted by atomic mass is 35.5. The summed E-state index contributed by atoms with van der Waals surface area (Å²) >= 11 is 6.10. The van der Waals surface area contributed by atoms with Gasteiger partial charge in [0, 0.05) is 6.54 Å². The number of rotatable bonds is 9. The third-order valence-corrected chi connectivity index (χ3v) is 6.33. The zero-order valence-electron chi connectivity index (χ0n) is 16.8. The summed E-state index contributed by atoms with van der Waals surface area (Å²) in [5.41, 5.74) is 0.393. The Balaban J connectivity index is 2.21. The molecule has 0 spiro atoms. The number of carbonyl (C=O) groups excluding carboxylic acids is 2. The second-order valence-electron chi connectivity index (χ2n) is 6.04. The molecule has 30 heavy (non-hydrogen) atoms. The van der Waals surface area contributed by atoms with Crippen molar-refractivity contribution in [3.63, 3.8) is 0 Å². The quantitative estimate of drug-likeness (QED) is 0.584. The van der Waals surface area contributed by atoms with E-state index in [1.54, 1.807) is 26.0 Å². The highest BCUT2D eigenvalue weighted by molar-refractivity contribution is 7.89. The summed E-state index contributed by atoms with van der Waals surface area (Å²) in [6.45, 7) is 3.40. The molecule has 0 aromatic heterocycles. The average Bonchev–Trinajstić information content (AvgIpc) is 2.73. The van der Waals surface area contributed by atoms with Gasteiger partial charge < -0.3 is 14.8 Å². The number of likely N-dealkylation sites (N-methyl/N-ethyl adjacent to an activating group) is 1. The smallest absolute Gasteiger partial charge is 0.339 e. The minimum absolute atomic E-state index is 0.0548. The average molecular weight is 455 g/mol. The van der Waals surface area contributed by atoms with Gasteiger partial charge in [-0.05, 0) is 37.3 Å². The van der Waals surface area contributed by atoms with Crippen LogP contribution in [0.15, 0.2) is 47.4 Å². The molecular weight excluding hydrogens is 432 g/mol. The molecule has 10 heteroatoms. The van der Waals surface area contributed by atoms with Crippen molar-refractivity contribution >= 4 is 39.2 Å². The monoisotopic (exact) mass is 454 g/mol. The number of nitrogens with zero attached hydrogens (tertiary/aromatic N) is 1. The number of esters is 1. The number of halogens is 1. The van der Waals surface area contributed by atoms with Gasteiger partial charge in [-0.2, -0.15) is 4.31 Å². The summed E-state index contributed by atoms with van der Waals surface area (Å²) in [7, 11) is -2.75. The van der Waals surface area contributed by atoms with Gasteiger partial charge in [0.2, 0.25) is 15.9 Å². The maximum absolute atomic E-state index is 13.0. The Hall–Kier alpha value is -2.62. The Bertz CT molecular complexity index is 1030. The number of ether oxygens (including phenoxy) is 2. The SMILES string of the molecule is CCOc1ccc(S(=O)(=O)N(CC)CC(=O)Nc2ccccc2C(=O)OC)cc1Cl. The fraction of sp³-hybridized carbons (Fsp3) is 0.300. The zero-order chi connectivity index (χ0) is 22.3. The van der Waals surface area contributed by atoms with Crippen LogP contribution in [-0.2, 0) is 19.6 Å². The van der Waals surface area contributed by atoms with Gasteiger partial charge in [-0.15, -0.1) is 0 Å². The summed E-state index contributed by atoms with van der Waals surface area (Å²) in [4.78, 5) is 24.3. The van der Waals surface area contributed by atoms with Crippen molar-refractivity contribution in [2.75, 3.05) is 32.1 Å². The van der Waals surface area contributed by atoms with Crippen LogP contribution in [0.5, 0.6) is 5.75 Å². The highest BCUT2D eigenvalue weighted by Crippen LogP contribution is 2.28. The maximum atomic E-state index is 13.0. The Morgan fingerprint density at radius 1 is 1.13 bits per heavy atom. The lowest BCUT2D eigenvalue weighted by Gasteiger charge is -2.21. The zero-order valence-corrected chi connectivity index (χ0v) is 18.4. The Labute approximate surface area is 180 Å². The summed E-state index contributed by atoms with van der Waals surface area (Å²) < 4.78 is 37.0. The molecule has 0 unspecified atom stereocenters. The number of carbonyl (C=O) groups is 2. The van der Waals surface area contributed by atoms with E-state index in [2.05, 4.69) is 5.32 Å². The molecule has 0 radical (unpaired) electrons. The van der Waals surface area contributed by atoms with E-state index < -0.39 is 28.4 Å². The summed E-state index contributed by atoms with van der Waals surface area (Å²) in [6, 6.07) is 10.4. The van der Waals surface area contributed by atoms with Gasteiger partial charge >= 0.3 is 5.97 Å². The first-order valence-corrected chi connectivity index (χ1v) is 11.0. The minimum atomic E-state index is -3.98. The number of amides is 1. The van der Waals surface area contributed by atoms with E-state index in [0.717, 1.165) is 4.31 Å². The predicted molar refractivity (Wildman–Crippen MR) is 113 cm³/mol. The van der Waals surface area contributed by atoms with Crippen LogP contribution in [0, 0.1) is 0 Å². The van der Waals surface area contributed by atoms with E-state index in [-0.39, 0.29) is 27.7 Å². The molecule has 2 aromatic carbocycles. The van der Waals surface area contributed by atoms with Gasteiger partial charge in [0.1, 0.15) is 5.75 Å². The number of sulfonamides is 1. The van der Waals surface area contributed by atoms with Crippen molar-refractivity contribution in [1.29, 1.82) is 0 Å². The largest absolute Gasteiger partial charge is 0.492 e. The third kappa shape index (κ3) is 5.50. The summed E-state index contributed by atoms with van der Waals surface area (Å²) in [5, 5.41) is 2.72. The molecular formula is C20H23ClN2O6S. The number of methoxy groups -OCH3 is 1. The normalized spacial score (nSPS) is 11.2. The topological polar surface area (TPSA) is 102 Å². The van der Waals surface area contributed by atoms with E-state index >= 15 is 0 Å². The Morgan fingerprint density at radius 3 is 2.43 bits per heavy atom. The lowest BCUT2D eigenvalue weighted by Crippen LogP contribution is -2.38. The molecule has 0 atom stereocenters. The molecule has 0 saturated carbocycles. The van der Waals surface area contributed by atoms with Gasteiger partial charge in [-0.1, -0.05) is 30.7 Å². The number of nitrogens with one attached hydrogen (secondary N) is 1. The van der Waals surface area contributed by atoms with Crippen LogP contribution in [0.2, 0.25) is 5.02 Å². The van der Waals surface area contributed by atoms with Crippen LogP contribution in [-0.4, -0.2) is 51.4 Å². The molecule has 0 aliphatic heterocycles. The van der Waals surface area contributed by atoms with Gasteiger partial charge in [0.05, 0.1) is 41.4 Å². The van der Waals surface area contributed by atoms with Crippen molar-refractivity contribution in [2.45, 2.75) is 18.7 Å². The van der Waals surface area contributed by atoms with Crippen molar-refractivity contribution < 1.29 is 27.5 Å². The van der Waals surface area contributed by atoms with Gasteiger partial charge in [-0.3, -0.25) is 4.79 Å². The van der Waals surface area contributed by atoms with Crippen molar-refractivity contribution in [2.24, 2.45) is 0 Å². The molecule has 162 valence electrons. The van der Waals surface area contributed by atoms with Crippen LogP contribution in [0.25, 0.3) is 0 Å². The van der Waals surface area contributed by atoms with Crippen molar-refractivity contribution in [3.05, 3.63) is 53.1 Å². The lowest BCUT2D eigenvalue weighted by atomic mass is 10.2. The molecule has 1 N–H and O–H groups in total. The lowest BCUT2D eigenvalue weighted by molar-refractivity contribution is -0.116. The molecule has 0 heterocycles.